The fourth-order valence-corrected chi connectivity index (χ4v) is 4.80. The highest BCUT2D eigenvalue weighted by Crippen LogP contribution is 2.36. The van der Waals surface area contributed by atoms with Crippen LogP contribution in [0.25, 0.3) is 33.3 Å². The molecule has 4 heterocycles. The minimum atomic E-state index is -4.32. The molecular weight excluding hydrogens is 419 g/mol. The van der Waals surface area contributed by atoms with Crippen molar-refractivity contribution in [3.63, 3.8) is 0 Å². The molecular formula is C23H24F3N5O. The van der Waals surface area contributed by atoms with Crippen LogP contribution in [0.5, 0.6) is 0 Å². The zero-order chi connectivity index (χ0) is 22.5. The van der Waals surface area contributed by atoms with Gasteiger partial charge in [0.25, 0.3) is 0 Å². The van der Waals surface area contributed by atoms with Crippen molar-refractivity contribution in [2.75, 3.05) is 0 Å². The number of fused-ring (bicyclic) bond motifs is 1. The Labute approximate surface area is 183 Å². The van der Waals surface area contributed by atoms with Gasteiger partial charge in [0.2, 0.25) is 0 Å². The Morgan fingerprint density at radius 1 is 1.09 bits per heavy atom. The van der Waals surface area contributed by atoms with Crippen molar-refractivity contribution in [1.82, 2.24) is 24.5 Å². The SMILES string of the molecule is Cc1noc(C)c1-c1cnc2c(-c3cnn(CC(F)(F)F)c3)cn(CC3CCCC3)c2c1. The predicted molar refractivity (Wildman–Crippen MR) is 114 cm³/mol. The lowest BCUT2D eigenvalue weighted by atomic mass is 10.0. The molecule has 0 N–H and O–H groups in total. The van der Waals surface area contributed by atoms with Gasteiger partial charge in [-0.1, -0.05) is 18.0 Å². The average Bonchev–Trinajstić information content (AvgIpc) is 3.50. The third kappa shape index (κ3) is 3.91. The van der Waals surface area contributed by atoms with E-state index in [1.807, 2.05) is 20.0 Å². The summed E-state index contributed by atoms with van der Waals surface area (Å²) in [7, 11) is 0. The number of halogens is 3. The number of aromatic nitrogens is 5. The van der Waals surface area contributed by atoms with Gasteiger partial charge in [0, 0.05) is 47.4 Å². The molecule has 0 saturated heterocycles. The van der Waals surface area contributed by atoms with Crippen LogP contribution in [0.1, 0.15) is 37.1 Å². The zero-order valence-electron chi connectivity index (χ0n) is 18.0. The summed E-state index contributed by atoms with van der Waals surface area (Å²) >= 11 is 0. The summed E-state index contributed by atoms with van der Waals surface area (Å²) in [5.41, 5.74) is 5.76. The van der Waals surface area contributed by atoms with E-state index in [0.717, 1.165) is 50.4 Å². The minimum absolute atomic E-state index is 0.592. The van der Waals surface area contributed by atoms with E-state index in [4.69, 9.17) is 9.51 Å². The van der Waals surface area contributed by atoms with Gasteiger partial charge in [-0.2, -0.15) is 18.3 Å². The van der Waals surface area contributed by atoms with Gasteiger partial charge in [0.1, 0.15) is 12.3 Å². The second-order valence-corrected chi connectivity index (χ2v) is 8.68. The first-order valence-corrected chi connectivity index (χ1v) is 10.8. The Bertz CT molecular complexity index is 1240. The predicted octanol–water partition coefficient (Wildman–Crippen LogP) is 5.92. The van der Waals surface area contributed by atoms with Crippen molar-refractivity contribution in [3.8, 4) is 22.3 Å². The third-order valence-electron chi connectivity index (χ3n) is 6.25. The fraction of sp³-hybridized carbons (Fsp3) is 0.435. The van der Waals surface area contributed by atoms with E-state index in [2.05, 4.69) is 20.9 Å². The molecule has 0 aromatic carbocycles. The average molecular weight is 443 g/mol. The molecule has 4 aromatic rings. The first kappa shape index (κ1) is 20.8. The van der Waals surface area contributed by atoms with Crippen molar-refractivity contribution >= 4 is 11.0 Å². The van der Waals surface area contributed by atoms with E-state index in [0.29, 0.717) is 11.5 Å². The second kappa shape index (κ2) is 7.79. The molecule has 0 aliphatic heterocycles. The highest BCUT2D eigenvalue weighted by Gasteiger charge is 2.29. The molecule has 9 heteroatoms. The van der Waals surface area contributed by atoms with Crippen molar-refractivity contribution in [2.45, 2.75) is 58.8 Å². The van der Waals surface area contributed by atoms with Gasteiger partial charge in [-0.3, -0.25) is 9.67 Å². The maximum atomic E-state index is 12.8. The highest BCUT2D eigenvalue weighted by molar-refractivity contribution is 5.94. The van der Waals surface area contributed by atoms with Crippen LogP contribution < -0.4 is 0 Å². The molecule has 1 fully saturated rings. The first-order chi connectivity index (χ1) is 15.3. The first-order valence-electron chi connectivity index (χ1n) is 10.8. The monoisotopic (exact) mass is 443 g/mol. The lowest BCUT2D eigenvalue weighted by Crippen LogP contribution is -2.17. The largest absolute Gasteiger partial charge is 0.408 e. The number of hydrogen-bond acceptors (Lipinski definition) is 4. The van der Waals surface area contributed by atoms with Gasteiger partial charge in [-0.15, -0.1) is 0 Å². The van der Waals surface area contributed by atoms with Gasteiger partial charge in [0.15, 0.2) is 0 Å². The summed E-state index contributed by atoms with van der Waals surface area (Å²) in [4.78, 5) is 4.73. The normalized spacial score (nSPS) is 15.3. The van der Waals surface area contributed by atoms with Crippen LogP contribution in [0.15, 0.2) is 35.4 Å². The molecule has 1 saturated carbocycles. The lowest BCUT2D eigenvalue weighted by molar-refractivity contribution is -0.142. The summed E-state index contributed by atoms with van der Waals surface area (Å²) < 4.78 is 46.8. The molecule has 0 unspecified atom stereocenters. The summed E-state index contributed by atoms with van der Waals surface area (Å²) in [5.74, 6) is 1.32. The highest BCUT2D eigenvalue weighted by atomic mass is 19.4. The molecule has 32 heavy (non-hydrogen) atoms. The molecule has 0 spiro atoms. The smallest absolute Gasteiger partial charge is 0.361 e. The molecule has 168 valence electrons. The van der Waals surface area contributed by atoms with E-state index in [-0.39, 0.29) is 0 Å². The van der Waals surface area contributed by atoms with Crippen molar-refractivity contribution in [3.05, 3.63) is 42.3 Å². The van der Waals surface area contributed by atoms with Gasteiger partial charge in [-0.05, 0) is 38.7 Å². The molecule has 0 radical (unpaired) electrons. The van der Waals surface area contributed by atoms with E-state index >= 15 is 0 Å². The van der Waals surface area contributed by atoms with Crippen LogP contribution in [0.2, 0.25) is 0 Å². The van der Waals surface area contributed by atoms with Crippen LogP contribution in [0, 0.1) is 19.8 Å². The number of pyridine rings is 1. The zero-order valence-corrected chi connectivity index (χ0v) is 18.0. The summed E-state index contributed by atoms with van der Waals surface area (Å²) in [5, 5.41) is 7.97. The van der Waals surface area contributed by atoms with Crippen molar-refractivity contribution in [1.29, 1.82) is 0 Å². The molecule has 4 aromatic heterocycles. The maximum absolute atomic E-state index is 12.8. The summed E-state index contributed by atoms with van der Waals surface area (Å²) in [6.45, 7) is 3.52. The van der Waals surface area contributed by atoms with Crippen LogP contribution in [0.4, 0.5) is 13.2 Å². The number of aryl methyl sites for hydroxylation is 2. The molecule has 1 aliphatic carbocycles. The third-order valence-corrected chi connectivity index (χ3v) is 6.25. The van der Waals surface area contributed by atoms with Gasteiger partial charge < -0.3 is 9.09 Å². The van der Waals surface area contributed by atoms with E-state index in [1.54, 1.807) is 6.20 Å². The van der Waals surface area contributed by atoms with Crippen LogP contribution in [-0.4, -0.2) is 30.7 Å². The Hall–Kier alpha value is -3.10. The topological polar surface area (TPSA) is 61.7 Å². The van der Waals surface area contributed by atoms with Crippen molar-refractivity contribution < 1.29 is 17.7 Å². The molecule has 0 bridgehead atoms. The number of nitrogens with zero attached hydrogens (tertiary/aromatic N) is 5. The van der Waals surface area contributed by atoms with E-state index in [9.17, 15) is 13.2 Å². The van der Waals surface area contributed by atoms with Gasteiger partial charge >= 0.3 is 6.18 Å². The molecule has 1 aliphatic rings. The Kier molecular flexibility index (Phi) is 5.06. The summed E-state index contributed by atoms with van der Waals surface area (Å²) in [6, 6.07) is 2.08. The van der Waals surface area contributed by atoms with E-state index < -0.39 is 12.7 Å². The minimum Gasteiger partial charge on any atom is -0.361 e. The molecule has 0 atom stereocenters. The lowest BCUT2D eigenvalue weighted by Gasteiger charge is -2.12. The fourth-order valence-electron chi connectivity index (χ4n) is 4.80. The van der Waals surface area contributed by atoms with Gasteiger partial charge in [0.05, 0.1) is 22.9 Å². The van der Waals surface area contributed by atoms with Crippen LogP contribution in [-0.2, 0) is 13.1 Å². The van der Waals surface area contributed by atoms with Crippen LogP contribution >= 0.6 is 0 Å². The van der Waals surface area contributed by atoms with E-state index in [1.165, 1.54) is 38.1 Å². The maximum Gasteiger partial charge on any atom is 0.408 e. The quantitative estimate of drug-likeness (QED) is 0.384. The Balaban J connectivity index is 1.60. The van der Waals surface area contributed by atoms with Crippen molar-refractivity contribution in [2.24, 2.45) is 5.92 Å². The number of alkyl halides is 3. The summed E-state index contributed by atoms with van der Waals surface area (Å²) in [6.07, 6.45) is 7.23. The Morgan fingerprint density at radius 3 is 2.56 bits per heavy atom. The number of rotatable bonds is 5. The number of hydrogen-bond donors (Lipinski definition) is 0. The van der Waals surface area contributed by atoms with Gasteiger partial charge in [-0.25, -0.2) is 0 Å². The second-order valence-electron chi connectivity index (χ2n) is 8.68. The standard InChI is InChI=1S/C23H24F3N5O/c1-14-21(15(2)32-29-14)17-7-20-22(27-8-17)19(12-30(20)10-16-5-3-4-6-16)18-9-28-31(11-18)13-23(24,25)26/h7-9,11-12,16H,3-6,10,13H2,1-2H3. The molecule has 5 rings (SSSR count). The van der Waals surface area contributed by atoms with Crippen LogP contribution in [0.3, 0.4) is 0 Å². The molecule has 0 amide bonds. The Morgan fingerprint density at radius 2 is 1.88 bits per heavy atom. The molecule has 6 nitrogen and oxygen atoms in total.